The van der Waals surface area contributed by atoms with Crippen LogP contribution in [-0.4, -0.2) is 32.5 Å². The van der Waals surface area contributed by atoms with Crippen molar-refractivity contribution >= 4 is 54.8 Å². The Morgan fingerprint density at radius 2 is 2.00 bits per heavy atom. The number of aryl methyl sites for hydroxylation is 1. The van der Waals surface area contributed by atoms with E-state index in [2.05, 4.69) is 26.0 Å². The van der Waals surface area contributed by atoms with E-state index in [1.807, 2.05) is 24.3 Å². The number of carbonyl (C=O) groups is 2. The van der Waals surface area contributed by atoms with Crippen LogP contribution >= 0.6 is 15.9 Å². The van der Waals surface area contributed by atoms with Crippen molar-refractivity contribution in [2.45, 2.75) is 20.3 Å². The Hall–Kier alpha value is -2.39. The number of halogens is 1. The van der Waals surface area contributed by atoms with E-state index in [1.165, 1.54) is 0 Å². The van der Waals surface area contributed by atoms with E-state index in [1.54, 1.807) is 36.9 Å². The highest BCUT2D eigenvalue weighted by Gasteiger charge is 2.37. The first-order valence-electron chi connectivity index (χ1n) is 9.19. The van der Waals surface area contributed by atoms with Crippen molar-refractivity contribution in [1.29, 1.82) is 0 Å². The summed E-state index contributed by atoms with van der Waals surface area (Å²) in [4.78, 5) is 27.0. The van der Waals surface area contributed by atoms with Crippen molar-refractivity contribution in [3.05, 3.63) is 52.5 Å². The van der Waals surface area contributed by atoms with E-state index < -0.39 is 15.9 Å². The highest BCUT2D eigenvalue weighted by molar-refractivity contribution is 9.10. The molecule has 1 atom stereocenters. The minimum absolute atomic E-state index is 0.0246. The largest absolute Gasteiger partial charge is 0.325 e. The molecular formula is C20H22BrN3O4S. The first-order valence-corrected chi connectivity index (χ1v) is 11.6. The van der Waals surface area contributed by atoms with Crippen molar-refractivity contribution in [3.8, 4) is 0 Å². The average molecular weight is 480 g/mol. The van der Waals surface area contributed by atoms with Crippen LogP contribution in [0.5, 0.6) is 0 Å². The van der Waals surface area contributed by atoms with Gasteiger partial charge in [0.1, 0.15) is 5.92 Å². The van der Waals surface area contributed by atoms with E-state index in [0.717, 1.165) is 10.2 Å². The standard InChI is InChI=1S/C20H22BrN3O4S/c1-3-29(27,28)23-18-8-7-15(11-13(18)2)22-19(25)17-9-10-24(20(17)26)16-6-4-5-14(21)12-16/h4-8,11-12,17,23H,3,9-10H2,1-2H3,(H,22,25). The summed E-state index contributed by atoms with van der Waals surface area (Å²) in [7, 11) is -3.38. The second kappa shape index (κ2) is 8.54. The molecule has 0 saturated carbocycles. The molecule has 0 bridgehead atoms. The number of hydrogen-bond acceptors (Lipinski definition) is 4. The highest BCUT2D eigenvalue weighted by atomic mass is 79.9. The second-order valence-electron chi connectivity index (χ2n) is 6.84. The Morgan fingerprint density at radius 3 is 2.66 bits per heavy atom. The highest BCUT2D eigenvalue weighted by Crippen LogP contribution is 2.28. The normalized spacial score (nSPS) is 16.7. The van der Waals surface area contributed by atoms with E-state index >= 15 is 0 Å². The maximum absolute atomic E-state index is 12.7. The molecule has 1 unspecified atom stereocenters. The Labute approximate surface area is 178 Å². The van der Waals surface area contributed by atoms with Crippen molar-refractivity contribution in [1.82, 2.24) is 0 Å². The van der Waals surface area contributed by atoms with Crippen LogP contribution in [0.2, 0.25) is 0 Å². The molecule has 2 N–H and O–H groups in total. The molecule has 2 aromatic rings. The maximum atomic E-state index is 12.7. The first kappa shape index (κ1) is 21.3. The molecule has 2 amide bonds. The number of hydrogen-bond donors (Lipinski definition) is 2. The minimum atomic E-state index is -3.38. The van der Waals surface area contributed by atoms with Gasteiger partial charge in [0.05, 0.1) is 11.4 Å². The Morgan fingerprint density at radius 1 is 1.24 bits per heavy atom. The van der Waals surface area contributed by atoms with Gasteiger partial charge in [0.15, 0.2) is 0 Å². The average Bonchev–Trinajstić information content (AvgIpc) is 3.05. The van der Waals surface area contributed by atoms with Crippen LogP contribution in [0, 0.1) is 12.8 Å². The fourth-order valence-corrected chi connectivity index (χ4v) is 4.24. The number of amides is 2. The van der Waals surface area contributed by atoms with Crippen molar-refractivity contribution < 1.29 is 18.0 Å². The molecule has 0 radical (unpaired) electrons. The molecule has 29 heavy (non-hydrogen) atoms. The summed E-state index contributed by atoms with van der Waals surface area (Å²) in [5.74, 6) is -1.38. The summed E-state index contributed by atoms with van der Waals surface area (Å²) in [6.45, 7) is 3.78. The summed E-state index contributed by atoms with van der Waals surface area (Å²) in [6, 6.07) is 12.3. The second-order valence-corrected chi connectivity index (χ2v) is 9.76. The lowest BCUT2D eigenvalue weighted by atomic mass is 10.1. The molecular weight excluding hydrogens is 458 g/mol. The molecule has 0 aromatic heterocycles. The Balaban J connectivity index is 1.69. The van der Waals surface area contributed by atoms with Crippen LogP contribution in [0.25, 0.3) is 0 Å². The van der Waals surface area contributed by atoms with Crippen LogP contribution < -0.4 is 14.9 Å². The van der Waals surface area contributed by atoms with E-state index in [-0.39, 0.29) is 17.6 Å². The van der Waals surface area contributed by atoms with Crippen molar-refractivity contribution in [2.24, 2.45) is 5.92 Å². The van der Waals surface area contributed by atoms with Gasteiger partial charge in [0, 0.05) is 22.4 Å². The van der Waals surface area contributed by atoms with E-state index in [4.69, 9.17) is 0 Å². The van der Waals surface area contributed by atoms with Gasteiger partial charge in [-0.1, -0.05) is 22.0 Å². The third kappa shape index (κ3) is 4.97. The van der Waals surface area contributed by atoms with Gasteiger partial charge in [-0.05, 0) is 62.2 Å². The number of benzene rings is 2. The summed E-state index contributed by atoms with van der Waals surface area (Å²) >= 11 is 3.39. The molecule has 7 nitrogen and oxygen atoms in total. The number of nitrogens with zero attached hydrogens (tertiary/aromatic N) is 1. The van der Waals surface area contributed by atoms with Crippen LogP contribution in [0.4, 0.5) is 17.1 Å². The van der Waals surface area contributed by atoms with Crippen molar-refractivity contribution in [2.75, 3.05) is 27.2 Å². The molecule has 1 heterocycles. The monoisotopic (exact) mass is 479 g/mol. The van der Waals surface area contributed by atoms with Gasteiger partial charge in [0.25, 0.3) is 0 Å². The fourth-order valence-electron chi connectivity index (χ4n) is 3.15. The molecule has 1 fully saturated rings. The van der Waals surface area contributed by atoms with Gasteiger partial charge in [0.2, 0.25) is 21.8 Å². The van der Waals surface area contributed by atoms with Crippen molar-refractivity contribution in [3.63, 3.8) is 0 Å². The van der Waals surface area contributed by atoms with Gasteiger partial charge < -0.3 is 10.2 Å². The number of anilines is 3. The molecule has 0 spiro atoms. The van der Waals surface area contributed by atoms with E-state index in [9.17, 15) is 18.0 Å². The fraction of sp³-hybridized carbons (Fsp3) is 0.300. The first-order chi connectivity index (χ1) is 13.7. The van der Waals surface area contributed by atoms with Gasteiger partial charge in [-0.25, -0.2) is 8.42 Å². The van der Waals surface area contributed by atoms with Crippen LogP contribution in [0.3, 0.4) is 0 Å². The summed E-state index contributed by atoms with van der Waals surface area (Å²) in [5.41, 5.74) is 2.40. The SMILES string of the molecule is CCS(=O)(=O)Nc1ccc(NC(=O)C2CCN(c3cccc(Br)c3)C2=O)cc1C. The maximum Gasteiger partial charge on any atom is 0.239 e. The quantitative estimate of drug-likeness (QED) is 0.619. The zero-order valence-electron chi connectivity index (χ0n) is 16.1. The minimum Gasteiger partial charge on any atom is -0.325 e. The summed E-state index contributed by atoms with van der Waals surface area (Å²) in [5, 5.41) is 2.77. The molecule has 0 aliphatic carbocycles. The smallest absolute Gasteiger partial charge is 0.239 e. The summed E-state index contributed by atoms with van der Waals surface area (Å²) < 4.78 is 26.8. The van der Waals surface area contributed by atoms with Gasteiger partial charge in [-0.2, -0.15) is 0 Å². The van der Waals surface area contributed by atoms with Crippen LogP contribution in [0.1, 0.15) is 18.9 Å². The Bertz CT molecular complexity index is 1060. The number of carbonyl (C=O) groups excluding carboxylic acids is 2. The van der Waals surface area contributed by atoms with Gasteiger partial charge >= 0.3 is 0 Å². The molecule has 3 rings (SSSR count). The van der Waals surface area contributed by atoms with Gasteiger partial charge in [-0.15, -0.1) is 0 Å². The Kier molecular flexibility index (Phi) is 6.28. The van der Waals surface area contributed by atoms with Crippen LogP contribution in [-0.2, 0) is 19.6 Å². The summed E-state index contributed by atoms with van der Waals surface area (Å²) in [6.07, 6.45) is 0.435. The molecule has 1 aliphatic rings. The zero-order valence-corrected chi connectivity index (χ0v) is 18.5. The third-order valence-corrected chi connectivity index (χ3v) is 6.57. The lowest BCUT2D eigenvalue weighted by Gasteiger charge is -2.17. The number of nitrogens with one attached hydrogen (secondary N) is 2. The predicted molar refractivity (Wildman–Crippen MR) is 117 cm³/mol. The molecule has 1 saturated heterocycles. The lowest BCUT2D eigenvalue weighted by molar-refractivity contribution is -0.129. The third-order valence-electron chi connectivity index (χ3n) is 4.78. The molecule has 2 aromatic carbocycles. The van der Waals surface area contributed by atoms with E-state index in [0.29, 0.717) is 29.9 Å². The predicted octanol–water partition coefficient (Wildman–Crippen LogP) is 3.51. The lowest BCUT2D eigenvalue weighted by Crippen LogP contribution is -2.33. The van der Waals surface area contributed by atoms with Gasteiger partial charge in [-0.3, -0.25) is 14.3 Å². The molecule has 1 aliphatic heterocycles. The zero-order chi connectivity index (χ0) is 21.2. The topological polar surface area (TPSA) is 95.6 Å². The van der Waals surface area contributed by atoms with Crippen LogP contribution in [0.15, 0.2) is 46.9 Å². The number of sulfonamides is 1. The molecule has 154 valence electrons. The number of rotatable bonds is 6. The molecule has 9 heteroatoms.